The van der Waals surface area contributed by atoms with Gasteiger partial charge in [-0.3, -0.25) is 0 Å². The molecule has 0 aromatic heterocycles. The molecule has 1 aliphatic carbocycles. The summed E-state index contributed by atoms with van der Waals surface area (Å²) in [6.07, 6.45) is 6.89. The number of aryl methyl sites for hydroxylation is 1. The summed E-state index contributed by atoms with van der Waals surface area (Å²) in [5, 5.41) is 9.85. The highest BCUT2D eigenvalue weighted by Gasteiger charge is 2.26. The Labute approximate surface area is 98.5 Å². The molecule has 0 heterocycles. The Bertz CT molecular complexity index is 315. The molecule has 1 saturated carbocycles. The molecular weight excluding hydrogens is 196 g/mol. The van der Waals surface area contributed by atoms with Crippen molar-refractivity contribution in [2.75, 3.05) is 0 Å². The van der Waals surface area contributed by atoms with E-state index in [9.17, 15) is 5.11 Å². The lowest BCUT2D eigenvalue weighted by Gasteiger charge is -2.15. The molecule has 88 valence electrons. The second kappa shape index (κ2) is 5.49. The van der Waals surface area contributed by atoms with E-state index in [1.165, 1.54) is 36.8 Å². The fraction of sp³-hybridized carbons (Fsp3) is 0.600. The minimum atomic E-state index is -0.110. The highest BCUT2D eigenvalue weighted by Crippen LogP contribution is 2.34. The zero-order valence-electron chi connectivity index (χ0n) is 10.2. The van der Waals surface area contributed by atoms with Gasteiger partial charge in [-0.05, 0) is 36.8 Å². The first-order valence-corrected chi connectivity index (χ1v) is 6.58. The summed E-state index contributed by atoms with van der Waals surface area (Å²) in [4.78, 5) is 0. The van der Waals surface area contributed by atoms with E-state index in [4.69, 9.17) is 0 Å². The first-order chi connectivity index (χ1) is 7.81. The van der Waals surface area contributed by atoms with E-state index < -0.39 is 0 Å². The van der Waals surface area contributed by atoms with E-state index in [-0.39, 0.29) is 6.10 Å². The van der Waals surface area contributed by atoms with Gasteiger partial charge in [0, 0.05) is 5.92 Å². The molecule has 0 bridgehead atoms. The third-order valence-electron chi connectivity index (χ3n) is 3.71. The summed E-state index contributed by atoms with van der Waals surface area (Å²) in [5.74, 6) is 0.389. The van der Waals surface area contributed by atoms with Crippen molar-refractivity contribution >= 4 is 0 Å². The van der Waals surface area contributed by atoms with Gasteiger partial charge in [0.2, 0.25) is 0 Å². The minimum absolute atomic E-state index is 0.110. The Hall–Kier alpha value is -0.820. The second-order valence-corrected chi connectivity index (χ2v) is 4.95. The molecule has 1 fully saturated rings. The molecule has 0 spiro atoms. The predicted octanol–water partition coefficient (Wildman–Crippen LogP) is 3.66. The number of aliphatic hydroxyl groups excluding tert-OH is 1. The SMILES string of the molecule is CCCCc1ccc([C@@H]2CCC[C@@H]2O)cc1. The van der Waals surface area contributed by atoms with Gasteiger partial charge in [-0.2, -0.15) is 0 Å². The van der Waals surface area contributed by atoms with Gasteiger partial charge in [-0.15, -0.1) is 0 Å². The molecule has 0 unspecified atom stereocenters. The van der Waals surface area contributed by atoms with Crippen LogP contribution in [0.15, 0.2) is 24.3 Å². The molecule has 0 amide bonds. The molecule has 16 heavy (non-hydrogen) atoms. The van der Waals surface area contributed by atoms with Crippen LogP contribution in [0, 0.1) is 0 Å². The van der Waals surface area contributed by atoms with Crippen molar-refractivity contribution in [2.24, 2.45) is 0 Å². The van der Waals surface area contributed by atoms with Crippen LogP contribution < -0.4 is 0 Å². The molecule has 1 aromatic rings. The minimum Gasteiger partial charge on any atom is -0.392 e. The van der Waals surface area contributed by atoms with Crippen molar-refractivity contribution in [1.82, 2.24) is 0 Å². The fourth-order valence-electron chi connectivity index (χ4n) is 2.64. The molecule has 1 N–H and O–H groups in total. The summed E-state index contributed by atoms with van der Waals surface area (Å²) >= 11 is 0. The monoisotopic (exact) mass is 218 g/mol. The molecule has 1 aromatic carbocycles. The van der Waals surface area contributed by atoms with Crippen molar-refractivity contribution in [3.05, 3.63) is 35.4 Å². The van der Waals surface area contributed by atoms with E-state index in [1.54, 1.807) is 0 Å². The first kappa shape index (κ1) is 11.7. The van der Waals surface area contributed by atoms with E-state index in [2.05, 4.69) is 31.2 Å². The van der Waals surface area contributed by atoms with E-state index >= 15 is 0 Å². The van der Waals surface area contributed by atoms with Crippen LogP contribution in [0.3, 0.4) is 0 Å². The Morgan fingerprint density at radius 2 is 1.94 bits per heavy atom. The summed E-state index contributed by atoms with van der Waals surface area (Å²) in [7, 11) is 0. The van der Waals surface area contributed by atoms with Crippen LogP contribution >= 0.6 is 0 Å². The smallest absolute Gasteiger partial charge is 0.0608 e. The van der Waals surface area contributed by atoms with Crippen LogP contribution in [0.25, 0.3) is 0 Å². The summed E-state index contributed by atoms with van der Waals surface area (Å²) in [6.45, 7) is 2.23. The lowest BCUT2D eigenvalue weighted by atomic mass is 9.94. The lowest BCUT2D eigenvalue weighted by Crippen LogP contribution is -2.10. The van der Waals surface area contributed by atoms with Crippen LogP contribution in [0.4, 0.5) is 0 Å². The summed E-state index contributed by atoms with van der Waals surface area (Å²) < 4.78 is 0. The highest BCUT2D eigenvalue weighted by atomic mass is 16.3. The van der Waals surface area contributed by atoms with Gasteiger partial charge in [0.1, 0.15) is 0 Å². The first-order valence-electron chi connectivity index (χ1n) is 6.58. The summed E-state index contributed by atoms with van der Waals surface area (Å²) in [5.41, 5.74) is 2.75. The quantitative estimate of drug-likeness (QED) is 0.817. The van der Waals surface area contributed by atoms with Gasteiger partial charge in [0.05, 0.1) is 6.10 Å². The van der Waals surface area contributed by atoms with Crippen LogP contribution in [0.1, 0.15) is 56.1 Å². The molecule has 2 atom stereocenters. The maximum Gasteiger partial charge on any atom is 0.0608 e. The van der Waals surface area contributed by atoms with Crippen molar-refractivity contribution in [2.45, 2.75) is 57.5 Å². The second-order valence-electron chi connectivity index (χ2n) is 4.95. The van der Waals surface area contributed by atoms with Gasteiger partial charge < -0.3 is 5.11 Å². The maximum absolute atomic E-state index is 9.85. The number of unbranched alkanes of at least 4 members (excludes halogenated alkanes) is 1. The Kier molecular flexibility index (Phi) is 4.00. The lowest BCUT2D eigenvalue weighted by molar-refractivity contribution is 0.164. The van der Waals surface area contributed by atoms with Crippen molar-refractivity contribution in [3.63, 3.8) is 0 Å². The molecule has 0 aliphatic heterocycles. The van der Waals surface area contributed by atoms with E-state index in [0.717, 1.165) is 12.8 Å². The van der Waals surface area contributed by atoms with Crippen molar-refractivity contribution < 1.29 is 5.11 Å². The largest absolute Gasteiger partial charge is 0.392 e. The normalized spacial score (nSPS) is 24.9. The van der Waals surface area contributed by atoms with E-state index in [0.29, 0.717) is 5.92 Å². The predicted molar refractivity (Wildman–Crippen MR) is 67.7 cm³/mol. The van der Waals surface area contributed by atoms with Crippen LogP contribution in [0.2, 0.25) is 0 Å². The third-order valence-corrected chi connectivity index (χ3v) is 3.71. The Morgan fingerprint density at radius 1 is 1.19 bits per heavy atom. The molecule has 1 heteroatoms. The van der Waals surface area contributed by atoms with Gasteiger partial charge in [-0.1, -0.05) is 44.0 Å². The van der Waals surface area contributed by atoms with Crippen molar-refractivity contribution in [1.29, 1.82) is 0 Å². The Balaban J connectivity index is 2.01. The van der Waals surface area contributed by atoms with Gasteiger partial charge in [-0.25, -0.2) is 0 Å². The standard InChI is InChI=1S/C15H22O/c1-2-3-5-12-8-10-13(11-9-12)14-6-4-7-15(14)16/h8-11,14-16H,2-7H2,1H3/t14-,15-/m0/s1. The molecule has 1 nitrogen and oxygen atoms in total. The third kappa shape index (κ3) is 2.65. The van der Waals surface area contributed by atoms with E-state index in [1.807, 2.05) is 0 Å². The zero-order chi connectivity index (χ0) is 11.4. The van der Waals surface area contributed by atoms with Gasteiger partial charge >= 0.3 is 0 Å². The molecule has 0 radical (unpaired) electrons. The molecule has 0 saturated heterocycles. The highest BCUT2D eigenvalue weighted by molar-refractivity contribution is 5.27. The zero-order valence-corrected chi connectivity index (χ0v) is 10.2. The Morgan fingerprint density at radius 3 is 2.50 bits per heavy atom. The van der Waals surface area contributed by atoms with Crippen LogP contribution in [-0.2, 0) is 6.42 Å². The topological polar surface area (TPSA) is 20.2 Å². The van der Waals surface area contributed by atoms with Crippen LogP contribution in [-0.4, -0.2) is 11.2 Å². The van der Waals surface area contributed by atoms with Gasteiger partial charge in [0.25, 0.3) is 0 Å². The number of rotatable bonds is 4. The van der Waals surface area contributed by atoms with Gasteiger partial charge in [0.15, 0.2) is 0 Å². The molecular formula is C15H22O. The number of hydrogen-bond donors (Lipinski definition) is 1. The summed E-state index contributed by atoms with van der Waals surface area (Å²) in [6, 6.07) is 8.89. The average molecular weight is 218 g/mol. The maximum atomic E-state index is 9.85. The van der Waals surface area contributed by atoms with Crippen LogP contribution in [0.5, 0.6) is 0 Å². The molecule has 2 rings (SSSR count). The number of aliphatic hydroxyl groups is 1. The van der Waals surface area contributed by atoms with Crippen molar-refractivity contribution in [3.8, 4) is 0 Å². The fourth-order valence-corrected chi connectivity index (χ4v) is 2.64. The average Bonchev–Trinajstić information content (AvgIpc) is 2.74. The number of hydrogen-bond acceptors (Lipinski definition) is 1. The molecule has 1 aliphatic rings. The number of benzene rings is 1.